The number of ether oxygens (including phenoxy) is 1. The Labute approximate surface area is 182 Å². The average Bonchev–Trinajstić information content (AvgIpc) is 3.32. The summed E-state index contributed by atoms with van der Waals surface area (Å²) < 4.78 is 7.09. The molecule has 1 N–H and O–H groups in total. The second-order valence-electron chi connectivity index (χ2n) is 7.31. The molecule has 1 atom stereocenters. The van der Waals surface area contributed by atoms with Crippen LogP contribution in [0.4, 0.5) is 0 Å². The van der Waals surface area contributed by atoms with Gasteiger partial charge in [0.25, 0.3) is 0 Å². The molecule has 0 aliphatic carbocycles. The van der Waals surface area contributed by atoms with Gasteiger partial charge >= 0.3 is 0 Å². The summed E-state index contributed by atoms with van der Waals surface area (Å²) in [4.78, 5) is 12.8. The van der Waals surface area contributed by atoms with E-state index in [9.17, 15) is 4.79 Å². The maximum Gasteiger partial charge on any atom is 0.221 e. The van der Waals surface area contributed by atoms with Gasteiger partial charge in [0.15, 0.2) is 0 Å². The molecule has 31 heavy (non-hydrogen) atoms. The number of nitrogens with zero attached hydrogens (tertiary/aromatic N) is 2. The Bertz CT molecular complexity index is 1110. The Balaban J connectivity index is 1.43. The van der Waals surface area contributed by atoms with E-state index in [1.165, 1.54) is 0 Å². The summed E-state index contributed by atoms with van der Waals surface area (Å²) in [7, 11) is 1.64. The van der Waals surface area contributed by atoms with Crippen LogP contribution in [0.5, 0.6) is 5.75 Å². The van der Waals surface area contributed by atoms with Gasteiger partial charge in [-0.1, -0.05) is 60.7 Å². The monoisotopic (exact) mass is 411 g/mol. The number of hydrogen-bond acceptors (Lipinski definition) is 3. The molecule has 1 aromatic heterocycles. The first-order valence-corrected chi connectivity index (χ1v) is 10.3. The SMILES string of the molecule is COc1ccc(C(NC(=O)CCc2cnn(-c3ccccc3)c2)c2ccccc2)cc1. The summed E-state index contributed by atoms with van der Waals surface area (Å²) in [5.41, 5.74) is 4.08. The quantitative estimate of drug-likeness (QED) is 0.456. The van der Waals surface area contributed by atoms with Crippen LogP contribution in [0.15, 0.2) is 97.3 Å². The third-order valence-electron chi connectivity index (χ3n) is 5.18. The zero-order chi connectivity index (χ0) is 21.5. The lowest BCUT2D eigenvalue weighted by Gasteiger charge is -2.20. The highest BCUT2D eigenvalue weighted by Gasteiger charge is 2.17. The van der Waals surface area contributed by atoms with E-state index in [2.05, 4.69) is 10.4 Å². The molecule has 0 saturated heterocycles. The average molecular weight is 412 g/mol. The van der Waals surface area contributed by atoms with E-state index < -0.39 is 0 Å². The van der Waals surface area contributed by atoms with Gasteiger partial charge in [0.2, 0.25) is 5.91 Å². The first-order chi connectivity index (χ1) is 15.2. The minimum Gasteiger partial charge on any atom is -0.497 e. The second-order valence-corrected chi connectivity index (χ2v) is 7.31. The standard InChI is InChI=1S/C26H25N3O2/c1-31-24-15-13-22(14-16-24)26(21-8-4-2-5-9-21)28-25(30)17-12-20-18-27-29(19-20)23-10-6-3-7-11-23/h2-11,13-16,18-19,26H,12,17H2,1H3,(H,28,30). The van der Waals surface area contributed by atoms with Crippen LogP contribution in [-0.4, -0.2) is 22.8 Å². The van der Waals surface area contributed by atoms with E-state index in [0.29, 0.717) is 12.8 Å². The number of amides is 1. The number of aryl methyl sites for hydroxylation is 1. The highest BCUT2D eigenvalue weighted by atomic mass is 16.5. The fourth-order valence-corrected chi connectivity index (χ4v) is 3.50. The Morgan fingerprint density at radius 3 is 2.26 bits per heavy atom. The van der Waals surface area contributed by atoms with Gasteiger partial charge in [-0.25, -0.2) is 4.68 Å². The van der Waals surface area contributed by atoms with Crippen LogP contribution in [-0.2, 0) is 11.2 Å². The molecule has 0 radical (unpaired) electrons. The number of methoxy groups -OCH3 is 1. The molecular formula is C26H25N3O2. The van der Waals surface area contributed by atoms with Crippen molar-refractivity contribution in [3.8, 4) is 11.4 Å². The second kappa shape index (κ2) is 9.76. The van der Waals surface area contributed by atoms with Gasteiger partial charge in [-0.2, -0.15) is 5.10 Å². The van der Waals surface area contributed by atoms with Crippen LogP contribution in [0.3, 0.4) is 0 Å². The van der Waals surface area contributed by atoms with Gasteiger partial charge in [0, 0.05) is 12.6 Å². The molecule has 4 rings (SSSR count). The normalized spacial score (nSPS) is 11.6. The van der Waals surface area contributed by atoms with E-state index in [1.807, 2.05) is 102 Å². The minimum absolute atomic E-state index is 0.00266. The molecule has 3 aromatic carbocycles. The fourth-order valence-electron chi connectivity index (χ4n) is 3.50. The molecule has 5 heteroatoms. The summed E-state index contributed by atoms with van der Waals surface area (Å²) in [5.74, 6) is 0.787. The fraction of sp³-hybridized carbons (Fsp3) is 0.154. The number of nitrogens with one attached hydrogen (secondary N) is 1. The molecule has 4 aromatic rings. The molecule has 156 valence electrons. The third kappa shape index (κ3) is 5.20. The van der Waals surface area contributed by atoms with Gasteiger partial charge in [0.05, 0.1) is 25.0 Å². The predicted molar refractivity (Wildman–Crippen MR) is 121 cm³/mol. The number of hydrogen-bond donors (Lipinski definition) is 1. The molecule has 0 aliphatic heterocycles. The first kappa shape index (κ1) is 20.4. The zero-order valence-electron chi connectivity index (χ0n) is 17.4. The summed E-state index contributed by atoms with van der Waals surface area (Å²) in [6.07, 6.45) is 4.81. The Hall–Kier alpha value is -3.86. The van der Waals surface area contributed by atoms with Crippen molar-refractivity contribution in [1.29, 1.82) is 0 Å². The van der Waals surface area contributed by atoms with Crippen molar-refractivity contribution in [1.82, 2.24) is 15.1 Å². The Kier molecular flexibility index (Phi) is 6.43. The molecule has 1 unspecified atom stereocenters. The summed E-state index contributed by atoms with van der Waals surface area (Å²) >= 11 is 0. The molecule has 1 amide bonds. The van der Waals surface area contributed by atoms with Crippen LogP contribution in [0.2, 0.25) is 0 Å². The van der Waals surface area contributed by atoms with Crippen molar-refractivity contribution in [2.45, 2.75) is 18.9 Å². The van der Waals surface area contributed by atoms with Crippen molar-refractivity contribution in [2.24, 2.45) is 0 Å². The molecule has 0 fully saturated rings. The summed E-state index contributed by atoms with van der Waals surface area (Å²) in [6, 6.07) is 27.5. The van der Waals surface area contributed by atoms with Gasteiger partial charge < -0.3 is 10.1 Å². The lowest BCUT2D eigenvalue weighted by molar-refractivity contribution is -0.121. The van der Waals surface area contributed by atoms with E-state index in [1.54, 1.807) is 7.11 Å². The summed E-state index contributed by atoms with van der Waals surface area (Å²) in [6.45, 7) is 0. The lowest BCUT2D eigenvalue weighted by Crippen LogP contribution is -2.29. The van der Waals surface area contributed by atoms with Crippen molar-refractivity contribution >= 4 is 5.91 Å². The Morgan fingerprint density at radius 2 is 1.58 bits per heavy atom. The zero-order valence-corrected chi connectivity index (χ0v) is 17.4. The van der Waals surface area contributed by atoms with Gasteiger partial charge in [-0.05, 0) is 47.4 Å². The molecule has 5 nitrogen and oxygen atoms in total. The lowest BCUT2D eigenvalue weighted by atomic mass is 9.98. The van der Waals surface area contributed by atoms with Crippen molar-refractivity contribution < 1.29 is 9.53 Å². The van der Waals surface area contributed by atoms with E-state index in [4.69, 9.17) is 4.74 Å². The maximum atomic E-state index is 12.8. The predicted octanol–water partition coefficient (Wildman–Crippen LogP) is 4.72. The maximum absolute atomic E-state index is 12.8. The van der Waals surface area contributed by atoms with Crippen molar-refractivity contribution in [3.63, 3.8) is 0 Å². The van der Waals surface area contributed by atoms with Gasteiger partial charge in [0.1, 0.15) is 5.75 Å². The van der Waals surface area contributed by atoms with Crippen LogP contribution in [0.25, 0.3) is 5.69 Å². The molecular weight excluding hydrogens is 386 g/mol. The number of para-hydroxylation sites is 1. The van der Waals surface area contributed by atoms with Gasteiger partial charge in [-0.15, -0.1) is 0 Å². The highest BCUT2D eigenvalue weighted by molar-refractivity contribution is 5.77. The van der Waals surface area contributed by atoms with E-state index >= 15 is 0 Å². The van der Waals surface area contributed by atoms with E-state index in [-0.39, 0.29) is 11.9 Å². The third-order valence-corrected chi connectivity index (χ3v) is 5.18. The van der Waals surface area contributed by atoms with Crippen molar-refractivity contribution in [3.05, 3.63) is 114 Å². The number of carbonyl (C=O) groups is 1. The number of carbonyl (C=O) groups excluding carboxylic acids is 1. The van der Waals surface area contributed by atoms with Crippen LogP contribution in [0, 0.1) is 0 Å². The summed E-state index contributed by atoms with van der Waals surface area (Å²) in [5, 5.41) is 7.60. The van der Waals surface area contributed by atoms with Crippen LogP contribution >= 0.6 is 0 Å². The molecule has 0 saturated carbocycles. The number of benzene rings is 3. The number of aromatic nitrogens is 2. The van der Waals surface area contributed by atoms with Crippen LogP contribution in [0.1, 0.15) is 29.2 Å². The minimum atomic E-state index is -0.216. The number of rotatable bonds is 8. The topological polar surface area (TPSA) is 56.1 Å². The highest BCUT2D eigenvalue weighted by Crippen LogP contribution is 2.24. The molecule has 0 spiro atoms. The largest absolute Gasteiger partial charge is 0.497 e. The molecule has 0 aliphatic rings. The molecule has 1 heterocycles. The molecule has 0 bridgehead atoms. The Morgan fingerprint density at radius 1 is 0.935 bits per heavy atom. The van der Waals surface area contributed by atoms with Gasteiger partial charge in [-0.3, -0.25) is 4.79 Å². The van der Waals surface area contributed by atoms with Crippen molar-refractivity contribution in [2.75, 3.05) is 7.11 Å². The van der Waals surface area contributed by atoms with Crippen LogP contribution < -0.4 is 10.1 Å². The van der Waals surface area contributed by atoms with E-state index in [0.717, 1.165) is 28.1 Å². The smallest absolute Gasteiger partial charge is 0.221 e. The first-order valence-electron chi connectivity index (χ1n) is 10.3.